The predicted molar refractivity (Wildman–Crippen MR) is 76.9 cm³/mol. The molecule has 0 unspecified atom stereocenters. The molecule has 19 heavy (non-hydrogen) atoms. The van der Waals surface area contributed by atoms with Crippen LogP contribution in [0.25, 0.3) is 6.08 Å². The Morgan fingerprint density at radius 2 is 1.89 bits per heavy atom. The molecule has 0 aliphatic carbocycles. The van der Waals surface area contributed by atoms with Gasteiger partial charge in [-0.1, -0.05) is 35.3 Å². The zero-order valence-electron chi connectivity index (χ0n) is 9.62. The number of pyridine rings is 1. The largest absolute Gasteiger partial charge is 0.244 e. The molecule has 2 rings (SSSR count). The zero-order chi connectivity index (χ0) is 13.9. The van der Waals surface area contributed by atoms with Gasteiger partial charge in [-0.3, -0.25) is 0 Å². The van der Waals surface area contributed by atoms with E-state index in [0.29, 0.717) is 10.6 Å². The predicted octanol–water partition coefficient (Wildman–Crippen LogP) is 3.83. The van der Waals surface area contributed by atoms with Crippen molar-refractivity contribution in [3.63, 3.8) is 0 Å². The zero-order valence-corrected chi connectivity index (χ0v) is 12.0. The van der Waals surface area contributed by atoms with E-state index in [1.165, 1.54) is 24.4 Å². The molecular weight excluding hydrogens is 305 g/mol. The third-order valence-corrected chi connectivity index (χ3v) is 4.30. The first-order valence-electron chi connectivity index (χ1n) is 5.28. The molecule has 0 spiro atoms. The van der Waals surface area contributed by atoms with E-state index in [1.807, 2.05) is 0 Å². The fourth-order valence-electron chi connectivity index (χ4n) is 1.41. The molecule has 0 bridgehead atoms. The van der Waals surface area contributed by atoms with E-state index in [1.54, 1.807) is 24.3 Å². The van der Waals surface area contributed by atoms with Crippen LogP contribution in [0.1, 0.15) is 5.56 Å². The van der Waals surface area contributed by atoms with Gasteiger partial charge in [0.25, 0.3) is 0 Å². The maximum Gasteiger partial charge on any atom is 0.199 e. The summed E-state index contributed by atoms with van der Waals surface area (Å²) in [5.74, 6) is 0. The van der Waals surface area contributed by atoms with Gasteiger partial charge in [0.15, 0.2) is 9.84 Å². The molecule has 0 fully saturated rings. The minimum Gasteiger partial charge on any atom is -0.244 e. The number of hydrogen-bond donors (Lipinski definition) is 0. The van der Waals surface area contributed by atoms with Crippen LogP contribution in [-0.2, 0) is 9.84 Å². The molecule has 1 aromatic carbocycles. The van der Waals surface area contributed by atoms with Crippen molar-refractivity contribution >= 4 is 39.1 Å². The van der Waals surface area contributed by atoms with E-state index in [0.717, 1.165) is 5.41 Å². The molecular formula is C13H9Cl2NO2S. The molecule has 0 amide bonds. The van der Waals surface area contributed by atoms with E-state index in [4.69, 9.17) is 23.2 Å². The maximum absolute atomic E-state index is 12.1. The Morgan fingerprint density at radius 1 is 1.11 bits per heavy atom. The summed E-state index contributed by atoms with van der Waals surface area (Å²) in [6.07, 6.45) is 2.94. The van der Waals surface area contributed by atoms with Gasteiger partial charge in [0.05, 0.1) is 4.90 Å². The summed E-state index contributed by atoms with van der Waals surface area (Å²) in [5, 5.41) is 1.70. The van der Waals surface area contributed by atoms with Crippen molar-refractivity contribution in [3.8, 4) is 0 Å². The standard InChI is InChI=1S/C13H9Cl2NO2S/c14-11-4-1-5-12(9-11)19(17,18)8-6-10-3-2-7-16-13(10)15/h1-9H/b8-6+. The fraction of sp³-hybridized carbons (Fsp3) is 0. The molecule has 6 heteroatoms. The minimum atomic E-state index is -3.55. The average molecular weight is 314 g/mol. The lowest BCUT2D eigenvalue weighted by molar-refractivity contribution is 0.605. The van der Waals surface area contributed by atoms with Crippen molar-refractivity contribution in [2.45, 2.75) is 4.90 Å². The third kappa shape index (κ3) is 3.56. The molecule has 1 heterocycles. The maximum atomic E-state index is 12.1. The van der Waals surface area contributed by atoms with Gasteiger partial charge in [0.2, 0.25) is 0 Å². The Hall–Kier alpha value is -1.36. The van der Waals surface area contributed by atoms with E-state index in [2.05, 4.69) is 4.98 Å². The lowest BCUT2D eigenvalue weighted by atomic mass is 10.3. The Bertz CT molecular complexity index is 727. The quantitative estimate of drug-likeness (QED) is 0.809. The van der Waals surface area contributed by atoms with Crippen LogP contribution in [0.4, 0.5) is 0 Å². The van der Waals surface area contributed by atoms with E-state index < -0.39 is 9.84 Å². The van der Waals surface area contributed by atoms with Crippen molar-refractivity contribution < 1.29 is 8.42 Å². The second-order valence-electron chi connectivity index (χ2n) is 3.69. The van der Waals surface area contributed by atoms with Gasteiger partial charge in [0, 0.05) is 22.2 Å². The van der Waals surface area contributed by atoms with Gasteiger partial charge in [-0.05, 0) is 30.3 Å². The Kier molecular flexibility index (Phi) is 4.24. The van der Waals surface area contributed by atoms with Crippen LogP contribution in [-0.4, -0.2) is 13.4 Å². The van der Waals surface area contributed by atoms with E-state index in [-0.39, 0.29) is 10.0 Å². The number of hydrogen-bond acceptors (Lipinski definition) is 3. The van der Waals surface area contributed by atoms with Crippen LogP contribution in [0.15, 0.2) is 52.9 Å². The van der Waals surface area contributed by atoms with Gasteiger partial charge < -0.3 is 0 Å². The monoisotopic (exact) mass is 313 g/mol. The molecule has 2 aromatic rings. The summed E-state index contributed by atoms with van der Waals surface area (Å²) >= 11 is 11.6. The van der Waals surface area contributed by atoms with E-state index in [9.17, 15) is 8.42 Å². The normalized spacial score (nSPS) is 11.9. The Morgan fingerprint density at radius 3 is 2.58 bits per heavy atom. The Labute approximate surface area is 121 Å². The van der Waals surface area contributed by atoms with E-state index >= 15 is 0 Å². The second kappa shape index (κ2) is 5.74. The molecule has 1 aromatic heterocycles. The molecule has 0 aliphatic rings. The molecule has 98 valence electrons. The number of nitrogens with zero attached hydrogens (tertiary/aromatic N) is 1. The van der Waals surface area contributed by atoms with Crippen LogP contribution >= 0.6 is 23.2 Å². The van der Waals surface area contributed by atoms with Gasteiger partial charge in [-0.25, -0.2) is 13.4 Å². The average Bonchev–Trinajstić information content (AvgIpc) is 2.38. The van der Waals surface area contributed by atoms with Crippen molar-refractivity contribution in [2.75, 3.05) is 0 Å². The minimum absolute atomic E-state index is 0.135. The van der Waals surface area contributed by atoms with Crippen molar-refractivity contribution in [1.82, 2.24) is 4.98 Å². The molecule has 0 saturated carbocycles. The summed E-state index contributed by atoms with van der Waals surface area (Å²) in [6.45, 7) is 0. The van der Waals surface area contributed by atoms with Gasteiger partial charge in [-0.2, -0.15) is 0 Å². The molecule has 0 atom stereocenters. The summed E-state index contributed by atoms with van der Waals surface area (Å²) in [7, 11) is -3.55. The lowest BCUT2D eigenvalue weighted by Crippen LogP contribution is -1.95. The number of halogens is 2. The second-order valence-corrected chi connectivity index (χ2v) is 6.32. The number of rotatable bonds is 3. The number of sulfone groups is 1. The van der Waals surface area contributed by atoms with Gasteiger partial charge in [-0.15, -0.1) is 0 Å². The highest BCUT2D eigenvalue weighted by atomic mass is 35.5. The summed E-state index contributed by atoms with van der Waals surface area (Å²) in [4.78, 5) is 4.00. The Balaban J connectivity index is 2.35. The van der Waals surface area contributed by atoms with Crippen LogP contribution in [0.5, 0.6) is 0 Å². The first-order chi connectivity index (χ1) is 8.99. The summed E-state index contributed by atoms with van der Waals surface area (Å²) in [6, 6.07) is 9.43. The SMILES string of the molecule is O=S(=O)(/C=C/c1cccnc1Cl)c1cccc(Cl)c1. The molecule has 0 saturated heterocycles. The van der Waals surface area contributed by atoms with Crippen molar-refractivity contribution in [2.24, 2.45) is 0 Å². The van der Waals surface area contributed by atoms with Crippen LogP contribution in [0, 0.1) is 0 Å². The van der Waals surface area contributed by atoms with Crippen molar-refractivity contribution in [3.05, 3.63) is 63.7 Å². The summed E-state index contributed by atoms with van der Waals surface area (Å²) in [5.41, 5.74) is 0.537. The van der Waals surface area contributed by atoms with Crippen molar-refractivity contribution in [1.29, 1.82) is 0 Å². The lowest BCUT2D eigenvalue weighted by Gasteiger charge is -2.00. The smallest absolute Gasteiger partial charge is 0.199 e. The number of benzene rings is 1. The highest BCUT2D eigenvalue weighted by molar-refractivity contribution is 7.94. The van der Waals surface area contributed by atoms with Crippen LogP contribution in [0.2, 0.25) is 10.2 Å². The fourth-order valence-corrected chi connectivity index (χ4v) is 2.89. The van der Waals surface area contributed by atoms with Crippen LogP contribution in [0.3, 0.4) is 0 Å². The van der Waals surface area contributed by atoms with Crippen LogP contribution < -0.4 is 0 Å². The molecule has 0 radical (unpaired) electrons. The molecule has 3 nitrogen and oxygen atoms in total. The topological polar surface area (TPSA) is 47.0 Å². The molecule has 0 aliphatic heterocycles. The van der Waals surface area contributed by atoms with Gasteiger partial charge >= 0.3 is 0 Å². The highest BCUT2D eigenvalue weighted by Crippen LogP contribution is 2.19. The highest BCUT2D eigenvalue weighted by Gasteiger charge is 2.10. The summed E-state index contributed by atoms with van der Waals surface area (Å²) < 4.78 is 24.1. The molecule has 0 N–H and O–H groups in total. The van der Waals surface area contributed by atoms with Gasteiger partial charge in [0.1, 0.15) is 5.15 Å². The third-order valence-electron chi connectivity index (χ3n) is 2.34. The first-order valence-corrected chi connectivity index (χ1v) is 7.58. The number of aromatic nitrogens is 1. The first kappa shape index (κ1) is 14.1.